The third kappa shape index (κ3) is 3.69. The highest BCUT2D eigenvalue weighted by atomic mass is 35.5. The maximum absolute atomic E-state index is 12.7. The summed E-state index contributed by atoms with van der Waals surface area (Å²) in [6.45, 7) is 0.117. The van der Waals surface area contributed by atoms with Gasteiger partial charge in [0.05, 0.1) is 17.2 Å². The molecule has 0 atom stereocenters. The van der Waals surface area contributed by atoms with Crippen molar-refractivity contribution in [2.45, 2.75) is 6.61 Å². The molecule has 1 amide bonds. The molecule has 3 N–H and O–H groups in total. The first-order valence-corrected chi connectivity index (χ1v) is 6.15. The van der Waals surface area contributed by atoms with Gasteiger partial charge >= 0.3 is 0 Å². The molecule has 0 saturated heterocycles. The molecule has 0 fully saturated rings. The number of hydrogen-bond donors (Lipinski definition) is 2. The molecule has 6 heteroatoms. The van der Waals surface area contributed by atoms with Crippen molar-refractivity contribution in [3.63, 3.8) is 0 Å². The molecule has 0 unspecified atom stereocenters. The van der Waals surface area contributed by atoms with E-state index in [1.165, 1.54) is 24.3 Å². The van der Waals surface area contributed by atoms with Crippen molar-refractivity contribution in [2.24, 2.45) is 0 Å². The van der Waals surface area contributed by atoms with Gasteiger partial charge in [-0.05, 0) is 35.9 Å². The van der Waals surface area contributed by atoms with E-state index < -0.39 is 5.91 Å². The Morgan fingerprint density at radius 3 is 2.65 bits per heavy atom. The second kappa shape index (κ2) is 6.36. The van der Waals surface area contributed by atoms with Gasteiger partial charge in [-0.25, -0.2) is 9.87 Å². The zero-order chi connectivity index (χ0) is 14.5. The smallest absolute Gasteiger partial charge is 0.276 e. The minimum Gasteiger partial charge on any atom is -0.399 e. The average Bonchev–Trinajstić information content (AvgIpc) is 2.43. The van der Waals surface area contributed by atoms with E-state index in [1.807, 2.05) is 0 Å². The first-order valence-electron chi connectivity index (χ1n) is 5.78. The second-order valence-corrected chi connectivity index (χ2v) is 4.49. The summed E-state index contributed by atoms with van der Waals surface area (Å²) in [6, 6.07) is 10.3. The quantitative estimate of drug-likeness (QED) is 0.673. The molecule has 0 saturated carbocycles. The van der Waals surface area contributed by atoms with E-state index in [0.717, 1.165) is 5.56 Å². The first kappa shape index (κ1) is 14.3. The van der Waals surface area contributed by atoms with E-state index in [9.17, 15) is 9.18 Å². The van der Waals surface area contributed by atoms with Gasteiger partial charge in [0.25, 0.3) is 5.91 Å². The molecule has 2 aromatic carbocycles. The number of halogens is 2. The second-order valence-electron chi connectivity index (χ2n) is 4.09. The number of amides is 1. The van der Waals surface area contributed by atoms with Crippen molar-refractivity contribution in [3.05, 3.63) is 64.4 Å². The monoisotopic (exact) mass is 294 g/mol. The first-order chi connectivity index (χ1) is 9.56. The van der Waals surface area contributed by atoms with Gasteiger partial charge < -0.3 is 5.73 Å². The van der Waals surface area contributed by atoms with E-state index >= 15 is 0 Å². The summed E-state index contributed by atoms with van der Waals surface area (Å²) in [5.41, 5.74) is 9.23. The minimum atomic E-state index is -0.496. The van der Waals surface area contributed by atoms with Gasteiger partial charge in [0.2, 0.25) is 0 Å². The predicted octanol–water partition coefficient (Wildman–Crippen LogP) is 2.92. The normalized spacial score (nSPS) is 10.3. The van der Waals surface area contributed by atoms with Crippen molar-refractivity contribution in [2.75, 3.05) is 5.73 Å². The third-order valence-electron chi connectivity index (χ3n) is 2.55. The number of benzene rings is 2. The Morgan fingerprint density at radius 2 is 1.95 bits per heavy atom. The molecule has 0 heterocycles. The van der Waals surface area contributed by atoms with E-state index in [2.05, 4.69) is 5.48 Å². The van der Waals surface area contributed by atoms with Crippen LogP contribution in [0.3, 0.4) is 0 Å². The van der Waals surface area contributed by atoms with Crippen LogP contribution in [0.2, 0.25) is 5.02 Å². The zero-order valence-corrected chi connectivity index (χ0v) is 11.2. The van der Waals surface area contributed by atoms with Crippen LogP contribution in [0, 0.1) is 5.82 Å². The number of carbonyl (C=O) groups excluding carboxylic acids is 1. The topological polar surface area (TPSA) is 64.4 Å². The largest absolute Gasteiger partial charge is 0.399 e. The van der Waals surface area contributed by atoms with Gasteiger partial charge in [-0.15, -0.1) is 0 Å². The number of rotatable bonds is 4. The summed E-state index contributed by atoms with van der Waals surface area (Å²) in [6.07, 6.45) is 0. The lowest BCUT2D eigenvalue weighted by Gasteiger charge is -2.08. The summed E-state index contributed by atoms with van der Waals surface area (Å²) < 4.78 is 12.7. The van der Waals surface area contributed by atoms with Gasteiger partial charge in [-0.3, -0.25) is 9.63 Å². The molecule has 2 rings (SSSR count). The maximum atomic E-state index is 12.7. The Kier molecular flexibility index (Phi) is 4.55. The Labute approximate surface area is 120 Å². The number of nitrogen functional groups attached to an aromatic ring is 1. The Bertz CT molecular complexity index is 617. The lowest BCUT2D eigenvalue weighted by atomic mass is 10.2. The third-order valence-corrected chi connectivity index (χ3v) is 2.88. The lowest BCUT2D eigenvalue weighted by molar-refractivity contribution is 0.0233. The molecule has 0 aliphatic heterocycles. The zero-order valence-electron chi connectivity index (χ0n) is 10.4. The summed E-state index contributed by atoms with van der Waals surface area (Å²) in [5, 5.41) is 0.280. The molecule has 0 spiro atoms. The molecular formula is C14H12ClFN2O2. The van der Waals surface area contributed by atoms with Crippen LogP contribution in [0.5, 0.6) is 0 Å². The van der Waals surface area contributed by atoms with Crippen LogP contribution >= 0.6 is 11.6 Å². The summed E-state index contributed by atoms with van der Waals surface area (Å²) in [7, 11) is 0. The van der Waals surface area contributed by atoms with E-state index in [1.54, 1.807) is 18.2 Å². The SMILES string of the molecule is Nc1ccc(Cl)c(C(=O)NOCc2ccc(F)cc2)c1. The highest BCUT2D eigenvalue weighted by Gasteiger charge is 2.10. The molecule has 20 heavy (non-hydrogen) atoms. The minimum absolute atomic E-state index is 0.117. The molecule has 104 valence electrons. The Hall–Kier alpha value is -2.11. The van der Waals surface area contributed by atoms with Gasteiger partial charge in [0, 0.05) is 5.69 Å². The van der Waals surface area contributed by atoms with E-state index in [-0.39, 0.29) is 23.0 Å². The van der Waals surface area contributed by atoms with Crippen molar-refractivity contribution < 1.29 is 14.0 Å². The highest BCUT2D eigenvalue weighted by molar-refractivity contribution is 6.33. The van der Waals surface area contributed by atoms with Crippen LogP contribution in [0.4, 0.5) is 10.1 Å². The van der Waals surface area contributed by atoms with Crippen molar-refractivity contribution in [3.8, 4) is 0 Å². The molecule has 2 aromatic rings. The molecule has 4 nitrogen and oxygen atoms in total. The van der Waals surface area contributed by atoms with Crippen LogP contribution in [0.15, 0.2) is 42.5 Å². The van der Waals surface area contributed by atoms with Gasteiger partial charge in [-0.1, -0.05) is 23.7 Å². The Balaban J connectivity index is 1.92. The van der Waals surface area contributed by atoms with Crippen LogP contribution in [-0.4, -0.2) is 5.91 Å². The van der Waals surface area contributed by atoms with Gasteiger partial charge in [-0.2, -0.15) is 0 Å². The number of carbonyl (C=O) groups is 1. The standard InChI is InChI=1S/C14H12ClFN2O2/c15-13-6-5-11(17)7-12(13)14(19)18-20-8-9-1-3-10(16)4-2-9/h1-7H,8,17H2,(H,18,19). The van der Waals surface area contributed by atoms with Crippen LogP contribution in [0.1, 0.15) is 15.9 Å². The fourth-order valence-electron chi connectivity index (χ4n) is 1.54. The summed E-state index contributed by atoms with van der Waals surface area (Å²) in [4.78, 5) is 16.9. The highest BCUT2D eigenvalue weighted by Crippen LogP contribution is 2.18. The van der Waals surface area contributed by atoms with E-state index in [0.29, 0.717) is 5.69 Å². The average molecular weight is 295 g/mol. The molecule has 0 aliphatic rings. The molecule has 0 bridgehead atoms. The van der Waals surface area contributed by atoms with Gasteiger partial charge in [0.1, 0.15) is 5.82 Å². The molecule has 0 aliphatic carbocycles. The van der Waals surface area contributed by atoms with E-state index in [4.69, 9.17) is 22.2 Å². The number of hydroxylamine groups is 1. The maximum Gasteiger partial charge on any atom is 0.276 e. The van der Waals surface area contributed by atoms with Crippen molar-refractivity contribution >= 4 is 23.2 Å². The van der Waals surface area contributed by atoms with Crippen molar-refractivity contribution in [1.29, 1.82) is 0 Å². The fraction of sp³-hybridized carbons (Fsp3) is 0.0714. The summed E-state index contributed by atoms with van der Waals surface area (Å²) >= 11 is 5.89. The van der Waals surface area contributed by atoms with Crippen LogP contribution < -0.4 is 11.2 Å². The van der Waals surface area contributed by atoms with Crippen LogP contribution in [-0.2, 0) is 11.4 Å². The lowest BCUT2D eigenvalue weighted by Crippen LogP contribution is -2.24. The van der Waals surface area contributed by atoms with Gasteiger partial charge in [0.15, 0.2) is 0 Å². The van der Waals surface area contributed by atoms with Crippen LogP contribution in [0.25, 0.3) is 0 Å². The molecular weight excluding hydrogens is 283 g/mol. The Morgan fingerprint density at radius 1 is 1.25 bits per heavy atom. The summed E-state index contributed by atoms with van der Waals surface area (Å²) in [5.74, 6) is -0.825. The predicted molar refractivity (Wildman–Crippen MR) is 74.5 cm³/mol. The fourth-order valence-corrected chi connectivity index (χ4v) is 1.74. The van der Waals surface area contributed by atoms with Crippen molar-refractivity contribution in [1.82, 2.24) is 5.48 Å². The molecule has 0 aromatic heterocycles. The number of nitrogens with one attached hydrogen (secondary N) is 1. The molecule has 0 radical (unpaired) electrons. The number of nitrogens with two attached hydrogens (primary N) is 1. The number of anilines is 1. The number of hydrogen-bond acceptors (Lipinski definition) is 3.